The molecule has 0 bridgehead atoms. The summed E-state index contributed by atoms with van der Waals surface area (Å²) in [6.45, 7) is 5.62. The van der Waals surface area contributed by atoms with E-state index < -0.39 is 5.41 Å². The van der Waals surface area contributed by atoms with Gasteiger partial charge in [0, 0.05) is 44.6 Å². The van der Waals surface area contributed by atoms with Gasteiger partial charge in [0.05, 0.1) is 35.0 Å². The van der Waals surface area contributed by atoms with E-state index in [4.69, 9.17) is 0 Å². The van der Waals surface area contributed by atoms with Crippen LogP contribution in [-0.4, -0.2) is 36.0 Å². The molecule has 36 heavy (non-hydrogen) atoms. The molecule has 0 saturated carbocycles. The van der Waals surface area contributed by atoms with Crippen LogP contribution in [0, 0.1) is 5.41 Å². The van der Waals surface area contributed by atoms with Crippen molar-refractivity contribution in [3.63, 3.8) is 0 Å². The van der Waals surface area contributed by atoms with E-state index in [0.717, 1.165) is 50.1 Å². The molecular formula is C27H23N7OS. The van der Waals surface area contributed by atoms with Gasteiger partial charge in [0.15, 0.2) is 0 Å². The number of nitrogens with zero attached hydrogens (tertiary/aromatic N) is 4. The third-order valence-corrected chi connectivity index (χ3v) is 6.90. The highest BCUT2D eigenvalue weighted by atomic mass is 32.1. The van der Waals surface area contributed by atoms with Crippen LogP contribution >= 0.6 is 11.3 Å². The highest BCUT2D eigenvalue weighted by molar-refractivity contribution is 7.13. The Labute approximate surface area is 210 Å². The molecule has 0 saturated heterocycles. The van der Waals surface area contributed by atoms with Gasteiger partial charge in [0.2, 0.25) is 5.91 Å². The minimum absolute atomic E-state index is 0.0729. The van der Waals surface area contributed by atoms with Crippen molar-refractivity contribution >= 4 is 44.9 Å². The van der Waals surface area contributed by atoms with Crippen LogP contribution in [0.1, 0.15) is 20.8 Å². The first kappa shape index (κ1) is 22.1. The number of pyridine rings is 3. The fourth-order valence-corrected chi connectivity index (χ4v) is 4.81. The fourth-order valence-electron chi connectivity index (χ4n) is 4.05. The molecule has 6 aromatic rings. The molecule has 178 valence electrons. The third kappa shape index (κ3) is 3.93. The van der Waals surface area contributed by atoms with Crippen LogP contribution in [0.15, 0.2) is 66.6 Å². The second-order valence-corrected chi connectivity index (χ2v) is 10.6. The molecule has 1 amide bonds. The van der Waals surface area contributed by atoms with Crippen LogP contribution in [0.4, 0.5) is 5.69 Å². The Hall–Kier alpha value is -4.37. The summed E-state index contributed by atoms with van der Waals surface area (Å²) < 4.78 is 0. The molecule has 0 aliphatic carbocycles. The lowest BCUT2D eigenvalue weighted by Crippen LogP contribution is -2.27. The number of aromatic amines is 2. The van der Waals surface area contributed by atoms with E-state index in [-0.39, 0.29) is 5.91 Å². The van der Waals surface area contributed by atoms with Crippen LogP contribution in [0.5, 0.6) is 0 Å². The fraction of sp³-hybridized carbons (Fsp3) is 0.148. The zero-order valence-corrected chi connectivity index (χ0v) is 20.8. The molecule has 0 spiro atoms. The molecule has 0 fully saturated rings. The Morgan fingerprint density at radius 1 is 1.03 bits per heavy atom. The molecule has 0 atom stereocenters. The highest BCUT2D eigenvalue weighted by Crippen LogP contribution is 2.35. The van der Waals surface area contributed by atoms with E-state index in [0.29, 0.717) is 5.69 Å². The topological polar surface area (TPSA) is 112 Å². The van der Waals surface area contributed by atoms with E-state index >= 15 is 0 Å². The first-order chi connectivity index (χ1) is 17.4. The van der Waals surface area contributed by atoms with Gasteiger partial charge in [-0.25, -0.2) is 4.98 Å². The minimum atomic E-state index is -0.503. The van der Waals surface area contributed by atoms with Gasteiger partial charge in [0.1, 0.15) is 11.3 Å². The first-order valence-corrected chi connectivity index (χ1v) is 12.4. The van der Waals surface area contributed by atoms with Crippen LogP contribution in [-0.2, 0) is 4.79 Å². The van der Waals surface area contributed by atoms with Gasteiger partial charge in [-0.1, -0.05) is 26.8 Å². The predicted molar refractivity (Wildman–Crippen MR) is 144 cm³/mol. The Kier molecular flexibility index (Phi) is 5.15. The molecule has 6 aromatic heterocycles. The second-order valence-electron chi connectivity index (χ2n) is 9.63. The number of hydrogen-bond donors (Lipinski definition) is 3. The van der Waals surface area contributed by atoms with Crippen molar-refractivity contribution < 1.29 is 4.79 Å². The number of anilines is 1. The third-order valence-electron chi connectivity index (χ3n) is 5.99. The summed E-state index contributed by atoms with van der Waals surface area (Å²) in [4.78, 5) is 30.5. The number of carbonyl (C=O) groups excluding carboxylic acids is 1. The van der Waals surface area contributed by atoms with Crippen molar-refractivity contribution in [1.29, 1.82) is 0 Å². The van der Waals surface area contributed by atoms with Crippen molar-refractivity contribution in [2.24, 2.45) is 5.41 Å². The minimum Gasteiger partial charge on any atom is -0.338 e. The summed E-state index contributed by atoms with van der Waals surface area (Å²) in [5, 5.41) is 14.6. The van der Waals surface area contributed by atoms with E-state index in [1.807, 2.05) is 51.2 Å². The smallest absolute Gasteiger partial charge is 0.229 e. The van der Waals surface area contributed by atoms with Crippen molar-refractivity contribution in [2.75, 3.05) is 5.32 Å². The molecule has 0 radical (unpaired) electrons. The largest absolute Gasteiger partial charge is 0.338 e. The highest BCUT2D eigenvalue weighted by Gasteiger charge is 2.21. The standard InChI is InChI=1S/C27H23N7OS/c1-27(2,3)26(35)31-16-9-15(12-28-13-16)20-11-19-22(14-30-20)33-34-24(19)21-10-18-17(23-5-4-8-36-23)6-7-29-25(18)32-21/h4-14H,1-3H3,(H,29,32)(H,31,35)(H,33,34). The molecular weight excluding hydrogens is 470 g/mol. The van der Waals surface area contributed by atoms with Gasteiger partial charge in [-0.05, 0) is 35.7 Å². The molecule has 0 aromatic carbocycles. The average molecular weight is 494 g/mol. The van der Waals surface area contributed by atoms with E-state index in [1.165, 1.54) is 4.88 Å². The van der Waals surface area contributed by atoms with Gasteiger partial charge >= 0.3 is 0 Å². The number of amides is 1. The average Bonchev–Trinajstić information content (AvgIpc) is 3.62. The van der Waals surface area contributed by atoms with Crippen LogP contribution in [0.3, 0.4) is 0 Å². The number of rotatable bonds is 4. The quantitative estimate of drug-likeness (QED) is 0.268. The Bertz CT molecular complexity index is 1720. The number of fused-ring (bicyclic) bond motifs is 2. The maximum atomic E-state index is 12.4. The maximum Gasteiger partial charge on any atom is 0.229 e. The van der Waals surface area contributed by atoms with Gasteiger partial charge in [-0.3, -0.25) is 19.9 Å². The van der Waals surface area contributed by atoms with Crippen LogP contribution in [0.25, 0.3) is 55.0 Å². The van der Waals surface area contributed by atoms with Crippen molar-refractivity contribution in [3.05, 3.63) is 66.6 Å². The summed E-state index contributed by atoms with van der Waals surface area (Å²) in [7, 11) is 0. The maximum absolute atomic E-state index is 12.4. The van der Waals surface area contributed by atoms with Gasteiger partial charge < -0.3 is 10.3 Å². The molecule has 0 unspecified atom stereocenters. The first-order valence-electron chi connectivity index (χ1n) is 11.5. The lowest BCUT2D eigenvalue weighted by atomic mass is 9.95. The Morgan fingerprint density at radius 3 is 2.72 bits per heavy atom. The van der Waals surface area contributed by atoms with Crippen LogP contribution < -0.4 is 5.32 Å². The Balaban J connectivity index is 1.40. The zero-order chi connectivity index (χ0) is 24.9. The summed E-state index contributed by atoms with van der Waals surface area (Å²) in [6.07, 6.45) is 6.96. The molecule has 0 aliphatic rings. The predicted octanol–water partition coefficient (Wildman–Crippen LogP) is 6.28. The van der Waals surface area contributed by atoms with E-state index in [9.17, 15) is 4.79 Å². The molecule has 0 aliphatic heterocycles. The SMILES string of the molecule is CC(C)(C)C(=O)Nc1cncc(-c2cc3c(-c4cc5c(-c6cccs6)ccnc5[nH]4)n[nH]c3cn2)c1. The number of H-pyrrole nitrogens is 2. The zero-order valence-electron chi connectivity index (χ0n) is 20.0. The van der Waals surface area contributed by atoms with E-state index in [1.54, 1.807) is 29.9 Å². The summed E-state index contributed by atoms with van der Waals surface area (Å²) in [5.74, 6) is -0.0729. The lowest BCUT2D eigenvalue weighted by molar-refractivity contribution is -0.123. The lowest BCUT2D eigenvalue weighted by Gasteiger charge is -2.17. The summed E-state index contributed by atoms with van der Waals surface area (Å²) >= 11 is 1.70. The van der Waals surface area contributed by atoms with Crippen molar-refractivity contribution in [1.82, 2.24) is 30.1 Å². The number of nitrogens with one attached hydrogen (secondary N) is 3. The second kappa shape index (κ2) is 8.39. The van der Waals surface area contributed by atoms with Gasteiger partial charge in [-0.2, -0.15) is 5.10 Å². The summed E-state index contributed by atoms with van der Waals surface area (Å²) in [5.41, 5.74) is 6.09. The van der Waals surface area contributed by atoms with Crippen LogP contribution in [0.2, 0.25) is 0 Å². The number of carbonyl (C=O) groups is 1. The number of hydrogen-bond acceptors (Lipinski definition) is 6. The van der Waals surface area contributed by atoms with Gasteiger partial charge in [-0.15, -0.1) is 11.3 Å². The molecule has 3 N–H and O–H groups in total. The van der Waals surface area contributed by atoms with Crippen molar-refractivity contribution in [2.45, 2.75) is 20.8 Å². The molecule has 6 heterocycles. The Morgan fingerprint density at radius 2 is 1.92 bits per heavy atom. The summed E-state index contributed by atoms with van der Waals surface area (Å²) in [6, 6.07) is 12.2. The number of thiophene rings is 1. The monoisotopic (exact) mass is 493 g/mol. The van der Waals surface area contributed by atoms with Gasteiger partial charge in [0.25, 0.3) is 0 Å². The molecule has 9 heteroatoms. The number of aromatic nitrogens is 6. The van der Waals surface area contributed by atoms with E-state index in [2.05, 4.69) is 53.0 Å². The normalized spacial score (nSPS) is 11.9. The van der Waals surface area contributed by atoms with Crippen molar-refractivity contribution in [3.8, 4) is 33.1 Å². The molecule has 8 nitrogen and oxygen atoms in total. The molecule has 6 rings (SSSR count).